The maximum Gasteiger partial charge on any atom is 0.405 e. The first-order valence-electron chi connectivity index (χ1n) is 13.6. The summed E-state index contributed by atoms with van der Waals surface area (Å²) < 4.78 is 5.93. The molecule has 3 saturated carbocycles. The van der Waals surface area contributed by atoms with E-state index in [-0.39, 0.29) is 57.1 Å². The molecule has 0 aromatic rings. The summed E-state index contributed by atoms with van der Waals surface area (Å²) in [4.78, 5) is 39.1. The molecule has 2 N–H and O–H groups in total. The lowest BCUT2D eigenvalue weighted by Gasteiger charge is -2.68. The van der Waals surface area contributed by atoms with Crippen LogP contribution in [0.2, 0.25) is 0 Å². The van der Waals surface area contributed by atoms with E-state index in [1.54, 1.807) is 0 Å². The molecule has 0 heterocycles. The van der Waals surface area contributed by atoms with Gasteiger partial charge in [0, 0.05) is 23.2 Å². The highest BCUT2D eigenvalue weighted by atomic mass is 16.6. The third kappa shape index (κ3) is 3.10. The normalized spacial score (nSPS) is 47.1. The number of nitrogens with two attached hydrogens (primary N) is 1. The number of nitrogens with zero attached hydrogens (tertiary/aromatic N) is 1. The van der Waals surface area contributed by atoms with Gasteiger partial charge < -0.3 is 10.5 Å². The van der Waals surface area contributed by atoms with Crippen LogP contribution in [0.4, 0.5) is 4.79 Å². The molecule has 1 amide bonds. The number of Topliss-reactive ketones (excluding diaryl/α,β-unsaturated/α-hetero) is 1. The molecule has 0 saturated heterocycles. The number of carbonyl (C=O) groups is 3. The van der Waals surface area contributed by atoms with Gasteiger partial charge in [0.05, 0.1) is 5.57 Å². The number of primary amides is 1. The summed E-state index contributed by atoms with van der Waals surface area (Å²) in [5.74, 6) is -0.501. The van der Waals surface area contributed by atoms with Gasteiger partial charge in [-0.25, -0.2) is 4.79 Å². The lowest BCUT2D eigenvalue weighted by atomic mass is 9.36. The largest absolute Gasteiger partial charge is 0.443 e. The molecule has 0 radical (unpaired) electrons. The maximum absolute atomic E-state index is 14.2. The predicted octanol–water partition coefficient (Wildman–Crippen LogP) is 5.66. The zero-order valence-electron chi connectivity index (χ0n) is 22.6. The molecular formula is C30H40N2O4. The van der Waals surface area contributed by atoms with Crippen molar-refractivity contribution in [3.05, 3.63) is 23.3 Å². The zero-order valence-corrected chi connectivity index (χ0v) is 22.6. The average Bonchev–Trinajstić information content (AvgIpc) is 2.78. The molecule has 8 atom stereocenters. The number of carbonyl (C=O) groups excluding carboxylic acids is 3. The highest BCUT2D eigenvalue weighted by molar-refractivity contribution is 6.02. The fourth-order valence-corrected chi connectivity index (χ4v) is 9.58. The van der Waals surface area contributed by atoms with Crippen LogP contribution in [0, 0.1) is 56.7 Å². The van der Waals surface area contributed by atoms with Crippen LogP contribution in [-0.2, 0) is 14.3 Å². The molecule has 0 aromatic heterocycles. The Morgan fingerprint density at radius 1 is 1.06 bits per heavy atom. The molecule has 3 fully saturated rings. The molecule has 0 aliphatic heterocycles. The molecule has 5 aliphatic carbocycles. The average molecular weight is 493 g/mol. The molecule has 194 valence electrons. The van der Waals surface area contributed by atoms with E-state index in [4.69, 9.17) is 10.5 Å². The number of hydrogen-bond donors (Lipinski definition) is 1. The second-order valence-electron chi connectivity index (χ2n) is 13.9. The molecular weight excluding hydrogens is 452 g/mol. The van der Waals surface area contributed by atoms with E-state index < -0.39 is 17.1 Å². The minimum Gasteiger partial charge on any atom is -0.443 e. The Hall–Kier alpha value is -2.42. The van der Waals surface area contributed by atoms with Crippen molar-refractivity contribution < 1.29 is 19.1 Å². The molecule has 6 heteroatoms. The SMILES string of the molecule is C[C@@H]1C(=O)C(C#N)=C[C@]2(C)C3=CC(=O)[C@H]4C5CC(C)(C)CC[C@]5(OC(N)=O)CC[C@@]4(C)[C@]3(C)CC[C@@H]12. The minimum atomic E-state index is -0.753. The van der Waals surface area contributed by atoms with E-state index in [2.05, 4.69) is 40.7 Å². The zero-order chi connectivity index (χ0) is 26.5. The quantitative estimate of drug-likeness (QED) is 0.507. The van der Waals surface area contributed by atoms with Gasteiger partial charge in [-0.1, -0.05) is 53.2 Å². The van der Waals surface area contributed by atoms with Crippen molar-refractivity contribution in [1.29, 1.82) is 5.26 Å². The first kappa shape index (κ1) is 25.2. The highest BCUT2D eigenvalue weighted by Gasteiger charge is 2.69. The van der Waals surface area contributed by atoms with Crippen molar-refractivity contribution in [2.24, 2.45) is 51.1 Å². The molecule has 5 aliphatic rings. The van der Waals surface area contributed by atoms with Gasteiger partial charge >= 0.3 is 6.09 Å². The standard InChI is InChI=1S/C30H40N2O4/c1-17-19-7-8-28(5)22(27(19,4)14-18(16-31)24(17)34)13-21(33)23-20-15-26(2,3)9-11-30(20,36-25(32)35)12-10-29(23,28)6/h13-14,17,19-20,23H,7-12,15H2,1-6H3,(H2,32,35)/t17-,19-,20?,23+,27-,28+,29+,30-/m0/s1. The number of amides is 1. The number of fused-ring (bicyclic) bond motifs is 7. The van der Waals surface area contributed by atoms with E-state index in [1.165, 1.54) is 0 Å². The van der Waals surface area contributed by atoms with Crippen molar-refractivity contribution in [1.82, 2.24) is 0 Å². The van der Waals surface area contributed by atoms with Gasteiger partial charge in [0.15, 0.2) is 11.6 Å². The first-order chi connectivity index (χ1) is 16.6. The number of ether oxygens (including phenoxy) is 1. The number of ketones is 2. The summed E-state index contributed by atoms with van der Waals surface area (Å²) in [7, 11) is 0. The fourth-order valence-electron chi connectivity index (χ4n) is 9.58. The van der Waals surface area contributed by atoms with Gasteiger partial charge in [0.25, 0.3) is 0 Å². The molecule has 6 nitrogen and oxygen atoms in total. The minimum absolute atomic E-state index is 0.0475. The highest BCUT2D eigenvalue weighted by Crippen LogP contribution is 2.72. The van der Waals surface area contributed by atoms with Crippen LogP contribution >= 0.6 is 0 Å². The number of rotatable bonds is 1. The molecule has 5 rings (SSSR count). The molecule has 0 aromatic carbocycles. The molecule has 36 heavy (non-hydrogen) atoms. The van der Waals surface area contributed by atoms with Crippen molar-refractivity contribution in [2.45, 2.75) is 92.1 Å². The Balaban J connectivity index is 1.68. The Kier molecular flexibility index (Phi) is 5.30. The van der Waals surface area contributed by atoms with Crippen molar-refractivity contribution >= 4 is 17.7 Å². The van der Waals surface area contributed by atoms with Crippen molar-refractivity contribution in [2.75, 3.05) is 0 Å². The third-order valence-corrected chi connectivity index (χ3v) is 11.7. The van der Waals surface area contributed by atoms with Crippen LogP contribution in [0.15, 0.2) is 23.3 Å². The third-order valence-electron chi connectivity index (χ3n) is 11.7. The topological polar surface area (TPSA) is 110 Å². The molecule has 0 bridgehead atoms. The van der Waals surface area contributed by atoms with E-state index in [0.717, 1.165) is 44.1 Å². The predicted molar refractivity (Wildman–Crippen MR) is 135 cm³/mol. The summed E-state index contributed by atoms with van der Waals surface area (Å²) in [6.45, 7) is 13.1. The Labute approximate surface area is 214 Å². The van der Waals surface area contributed by atoms with E-state index in [1.807, 2.05) is 19.1 Å². The Morgan fingerprint density at radius 3 is 2.36 bits per heavy atom. The van der Waals surface area contributed by atoms with Gasteiger partial charge in [-0.3, -0.25) is 9.59 Å². The van der Waals surface area contributed by atoms with E-state index in [0.29, 0.717) is 6.42 Å². The van der Waals surface area contributed by atoms with Crippen molar-refractivity contribution in [3.63, 3.8) is 0 Å². The second kappa shape index (κ2) is 7.55. The van der Waals surface area contributed by atoms with E-state index >= 15 is 0 Å². The van der Waals surface area contributed by atoms with Crippen LogP contribution in [-0.4, -0.2) is 23.3 Å². The first-order valence-corrected chi connectivity index (χ1v) is 13.6. The smallest absolute Gasteiger partial charge is 0.405 e. The van der Waals surface area contributed by atoms with Crippen LogP contribution in [0.3, 0.4) is 0 Å². The number of nitriles is 1. The summed E-state index contributed by atoms with van der Waals surface area (Å²) in [6, 6.07) is 2.14. The molecule has 0 spiro atoms. The van der Waals surface area contributed by atoms with E-state index in [9.17, 15) is 19.6 Å². The van der Waals surface area contributed by atoms with Gasteiger partial charge in [0.1, 0.15) is 11.7 Å². The fraction of sp³-hybridized carbons (Fsp3) is 0.733. The summed E-state index contributed by atoms with van der Waals surface area (Å²) in [6.07, 6.45) is 8.71. The van der Waals surface area contributed by atoms with Gasteiger partial charge in [-0.15, -0.1) is 0 Å². The number of allylic oxidation sites excluding steroid dienone is 4. The van der Waals surface area contributed by atoms with Gasteiger partial charge in [-0.05, 0) is 73.2 Å². The van der Waals surface area contributed by atoms with Gasteiger partial charge in [0.2, 0.25) is 0 Å². The lowest BCUT2D eigenvalue weighted by molar-refractivity contribution is -0.193. The molecule has 1 unspecified atom stereocenters. The van der Waals surface area contributed by atoms with Crippen LogP contribution in [0.5, 0.6) is 0 Å². The monoisotopic (exact) mass is 492 g/mol. The summed E-state index contributed by atoms with van der Waals surface area (Å²) in [5.41, 5.74) is 5.14. The van der Waals surface area contributed by atoms with Crippen LogP contribution in [0.1, 0.15) is 86.5 Å². The van der Waals surface area contributed by atoms with Gasteiger partial charge in [-0.2, -0.15) is 5.26 Å². The summed E-state index contributed by atoms with van der Waals surface area (Å²) >= 11 is 0. The van der Waals surface area contributed by atoms with Crippen LogP contribution in [0.25, 0.3) is 0 Å². The second-order valence-corrected chi connectivity index (χ2v) is 13.9. The van der Waals surface area contributed by atoms with Crippen molar-refractivity contribution in [3.8, 4) is 6.07 Å². The lowest BCUT2D eigenvalue weighted by Crippen LogP contribution is -2.66. The number of hydrogen-bond acceptors (Lipinski definition) is 5. The van der Waals surface area contributed by atoms with Crippen LogP contribution < -0.4 is 5.73 Å². The Bertz CT molecular complexity index is 1160. The maximum atomic E-state index is 14.2. The Morgan fingerprint density at radius 2 is 1.72 bits per heavy atom. The summed E-state index contributed by atoms with van der Waals surface area (Å²) in [5, 5.41) is 9.74.